The smallest absolute Gasteiger partial charge is 0.243 e. The Bertz CT molecular complexity index is 532. The van der Waals surface area contributed by atoms with Gasteiger partial charge in [0.05, 0.1) is 0 Å². The fourth-order valence-corrected chi connectivity index (χ4v) is 3.40. The quantitative estimate of drug-likeness (QED) is 0.781. The van der Waals surface area contributed by atoms with Gasteiger partial charge in [-0.3, -0.25) is 0 Å². The second-order valence-corrected chi connectivity index (χ2v) is 7.48. The second-order valence-electron chi connectivity index (χ2n) is 5.39. The molecule has 0 saturated heterocycles. The number of pyridine rings is 1. The summed E-state index contributed by atoms with van der Waals surface area (Å²) in [6.45, 7) is 4.57. The summed E-state index contributed by atoms with van der Waals surface area (Å²) in [4.78, 5) is 5.83. The van der Waals surface area contributed by atoms with Crippen LogP contribution in [-0.4, -0.2) is 45.0 Å². The molecule has 114 valence electrons. The predicted octanol–water partition coefficient (Wildman–Crippen LogP) is 1.99. The van der Waals surface area contributed by atoms with Crippen molar-refractivity contribution in [2.24, 2.45) is 5.92 Å². The molecule has 0 aromatic carbocycles. The minimum Gasteiger partial charge on any atom is -0.305 e. The van der Waals surface area contributed by atoms with Crippen LogP contribution in [0.2, 0.25) is 5.15 Å². The van der Waals surface area contributed by atoms with Gasteiger partial charge in [0, 0.05) is 18.8 Å². The Morgan fingerprint density at radius 3 is 2.55 bits per heavy atom. The average Bonchev–Trinajstić information content (AvgIpc) is 2.34. The van der Waals surface area contributed by atoms with Gasteiger partial charge in [-0.15, -0.1) is 0 Å². The largest absolute Gasteiger partial charge is 0.305 e. The summed E-state index contributed by atoms with van der Waals surface area (Å²) in [7, 11) is 0.259. The highest BCUT2D eigenvalue weighted by Crippen LogP contribution is 2.18. The maximum Gasteiger partial charge on any atom is 0.243 e. The third-order valence-corrected chi connectivity index (χ3v) is 4.87. The monoisotopic (exact) mass is 319 g/mol. The van der Waals surface area contributed by atoms with Crippen molar-refractivity contribution >= 4 is 21.6 Å². The number of nitrogens with zero attached hydrogens (tertiary/aromatic N) is 2. The fraction of sp³-hybridized carbons (Fsp3) is 0.615. The number of likely N-dealkylation sites (N-methyl/N-ethyl adjacent to an activating group) is 1. The van der Waals surface area contributed by atoms with Gasteiger partial charge in [-0.1, -0.05) is 25.4 Å². The van der Waals surface area contributed by atoms with Crippen LogP contribution in [0.1, 0.15) is 20.3 Å². The van der Waals surface area contributed by atoms with Crippen molar-refractivity contribution < 1.29 is 8.42 Å². The van der Waals surface area contributed by atoms with Crippen molar-refractivity contribution in [1.29, 1.82) is 0 Å². The van der Waals surface area contributed by atoms with Crippen molar-refractivity contribution in [2.45, 2.75) is 31.2 Å². The lowest BCUT2D eigenvalue weighted by Gasteiger charge is -2.26. The molecule has 1 atom stereocenters. The normalized spacial score (nSPS) is 13.9. The summed E-state index contributed by atoms with van der Waals surface area (Å²) in [6.07, 6.45) is 2.37. The number of rotatable bonds is 7. The van der Waals surface area contributed by atoms with Crippen LogP contribution in [0.3, 0.4) is 0 Å². The van der Waals surface area contributed by atoms with Gasteiger partial charge < -0.3 is 4.90 Å². The van der Waals surface area contributed by atoms with Gasteiger partial charge in [-0.25, -0.2) is 18.1 Å². The summed E-state index contributed by atoms with van der Waals surface area (Å²) in [5.74, 6) is 0.494. The van der Waals surface area contributed by atoms with Crippen LogP contribution < -0.4 is 4.72 Å². The number of hydrogen-bond donors (Lipinski definition) is 1. The molecule has 0 fully saturated rings. The Morgan fingerprint density at radius 2 is 2.05 bits per heavy atom. The third-order valence-electron chi connectivity index (χ3n) is 3.00. The zero-order valence-electron chi connectivity index (χ0n) is 12.3. The van der Waals surface area contributed by atoms with E-state index < -0.39 is 10.0 Å². The van der Waals surface area contributed by atoms with Crippen molar-refractivity contribution in [3.05, 3.63) is 23.5 Å². The standard InChI is InChI=1S/C13H22ClN3O2S/c1-10(2)8-11(17(3)4)9-16-20(18,19)12-6-5-7-15-13(12)14/h5-7,10-11,16H,8-9H2,1-4H3. The van der Waals surface area contributed by atoms with Gasteiger partial charge in [-0.2, -0.15) is 0 Å². The van der Waals surface area contributed by atoms with Crippen molar-refractivity contribution in [3.63, 3.8) is 0 Å². The molecule has 7 heteroatoms. The molecule has 0 aliphatic heterocycles. The van der Waals surface area contributed by atoms with Gasteiger partial charge in [0.25, 0.3) is 0 Å². The van der Waals surface area contributed by atoms with Crippen molar-refractivity contribution in [1.82, 2.24) is 14.6 Å². The molecule has 0 radical (unpaired) electrons. The fourth-order valence-electron chi connectivity index (χ4n) is 1.88. The Labute approximate surface area is 126 Å². The first-order valence-corrected chi connectivity index (χ1v) is 8.36. The van der Waals surface area contributed by atoms with Crippen LogP contribution in [0.15, 0.2) is 23.2 Å². The highest BCUT2D eigenvalue weighted by atomic mass is 35.5. The Morgan fingerprint density at radius 1 is 1.40 bits per heavy atom. The van der Waals surface area contributed by atoms with E-state index in [0.717, 1.165) is 6.42 Å². The SMILES string of the molecule is CC(C)CC(CNS(=O)(=O)c1cccnc1Cl)N(C)C. The van der Waals surface area contributed by atoms with Gasteiger partial charge in [-0.05, 0) is 38.6 Å². The number of hydrogen-bond acceptors (Lipinski definition) is 4. The number of sulfonamides is 1. The Kier molecular flexibility index (Phi) is 6.39. The molecule has 0 spiro atoms. The van der Waals surface area contributed by atoms with Gasteiger partial charge in [0.2, 0.25) is 10.0 Å². The minimum atomic E-state index is -3.63. The van der Waals surface area contributed by atoms with E-state index in [1.807, 2.05) is 19.0 Å². The van der Waals surface area contributed by atoms with E-state index >= 15 is 0 Å². The van der Waals surface area contributed by atoms with Crippen molar-refractivity contribution in [3.8, 4) is 0 Å². The molecule has 1 heterocycles. The number of aromatic nitrogens is 1. The van der Waals surface area contributed by atoms with Gasteiger partial charge in [0.15, 0.2) is 0 Å². The Hall–Kier alpha value is -0.690. The summed E-state index contributed by atoms with van der Waals surface area (Å²) in [5.41, 5.74) is 0. The van der Waals surface area contributed by atoms with Crippen LogP contribution in [0.5, 0.6) is 0 Å². The molecule has 1 unspecified atom stereocenters. The molecule has 1 aromatic rings. The summed E-state index contributed by atoms with van der Waals surface area (Å²) in [6, 6.07) is 3.14. The highest BCUT2D eigenvalue weighted by Gasteiger charge is 2.21. The molecule has 0 aliphatic rings. The summed E-state index contributed by atoms with van der Waals surface area (Å²) < 4.78 is 27.0. The Balaban J connectivity index is 2.79. The molecule has 0 aliphatic carbocycles. The first kappa shape index (κ1) is 17.4. The topological polar surface area (TPSA) is 62.3 Å². The lowest BCUT2D eigenvalue weighted by Crippen LogP contribution is -2.41. The maximum absolute atomic E-state index is 12.2. The van der Waals surface area contributed by atoms with Gasteiger partial charge in [0.1, 0.15) is 10.0 Å². The number of halogens is 1. The zero-order chi connectivity index (χ0) is 15.3. The van der Waals surface area contributed by atoms with Crippen LogP contribution >= 0.6 is 11.6 Å². The van der Waals surface area contributed by atoms with Crippen LogP contribution in [0.4, 0.5) is 0 Å². The predicted molar refractivity (Wildman–Crippen MR) is 81.4 cm³/mol. The molecule has 1 N–H and O–H groups in total. The minimum absolute atomic E-state index is 0.00902. The molecular formula is C13H22ClN3O2S. The highest BCUT2D eigenvalue weighted by molar-refractivity contribution is 7.89. The van der Waals surface area contributed by atoms with E-state index in [1.54, 1.807) is 6.07 Å². The van der Waals surface area contributed by atoms with E-state index in [0.29, 0.717) is 12.5 Å². The molecule has 1 aromatic heterocycles. The molecular weight excluding hydrogens is 298 g/mol. The summed E-state index contributed by atoms with van der Waals surface area (Å²) >= 11 is 5.83. The summed E-state index contributed by atoms with van der Waals surface area (Å²) in [5, 5.41) is -0.00902. The molecule has 20 heavy (non-hydrogen) atoms. The van der Waals surface area contributed by atoms with E-state index in [4.69, 9.17) is 11.6 Å². The van der Waals surface area contributed by atoms with Crippen molar-refractivity contribution in [2.75, 3.05) is 20.6 Å². The third kappa shape index (κ3) is 5.01. The maximum atomic E-state index is 12.2. The van der Waals surface area contributed by atoms with Crippen LogP contribution in [0.25, 0.3) is 0 Å². The molecule has 0 saturated carbocycles. The first-order chi connectivity index (χ1) is 9.24. The van der Waals surface area contributed by atoms with E-state index in [9.17, 15) is 8.42 Å². The van der Waals surface area contributed by atoms with E-state index in [-0.39, 0.29) is 16.1 Å². The molecule has 0 bridgehead atoms. The van der Waals surface area contributed by atoms with E-state index in [1.165, 1.54) is 12.3 Å². The second kappa shape index (κ2) is 7.36. The number of nitrogens with one attached hydrogen (secondary N) is 1. The van der Waals surface area contributed by atoms with Gasteiger partial charge >= 0.3 is 0 Å². The lowest BCUT2D eigenvalue weighted by molar-refractivity contribution is 0.255. The molecule has 0 amide bonds. The first-order valence-electron chi connectivity index (χ1n) is 6.50. The molecule has 5 nitrogen and oxygen atoms in total. The average molecular weight is 320 g/mol. The molecule has 1 rings (SSSR count). The van der Waals surface area contributed by atoms with E-state index in [2.05, 4.69) is 23.6 Å². The van der Waals surface area contributed by atoms with Crippen LogP contribution in [0, 0.1) is 5.92 Å². The lowest BCUT2D eigenvalue weighted by atomic mass is 10.0. The van der Waals surface area contributed by atoms with Crippen LogP contribution in [-0.2, 0) is 10.0 Å². The zero-order valence-corrected chi connectivity index (χ0v) is 13.9.